The smallest absolute Gasteiger partial charge is 0.287 e. The van der Waals surface area contributed by atoms with E-state index < -0.39 is 6.04 Å². The van der Waals surface area contributed by atoms with Gasteiger partial charge in [-0.15, -0.1) is 0 Å². The van der Waals surface area contributed by atoms with Gasteiger partial charge in [0, 0.05) is 21.4 Å². The van der Waals surface area contributed by atoms with Gasteiger partial charge in [0.25, 0.3) is 11.8 Å². The second-order valence-electron chi connectivity index (χ2n) is 9.32. The Morgan fingerprint density at radius 2 is 1.94 bits per heavy atom. The molecule has 1 fully saturated rings. The van der Waals surface area contributed by atoms with Crippen molar-refractivity contribution in [1.82, 2.24) is 15.5 Å². The topological polar surface area (TPSA) is 101 Å². The fraction of sp³-hybridized carbons (Fsp3) is 0.259. The number of nitrogens with zero attached hydrogens (tertiary/aromatic N) is 3. The van der Waals surface area contributed by atoms with Gasteiger partial charge in [-0.25, -0.2) is 0 Å². The summed E-state index contributed by atoms with van der Waals surface area (Å²) < 4.78 is 10.8. The highest BCUT2D eigenvalue weighted by Crippen LogP contribution is 2.46. The molecular formula is C27H24N4O4S. The molecule has 0 radical (unpaired) electrons. The number of amides is 2. The molecule has 0 bridgehead atoms. The maximum Gasteiger partial charge on any atom is 0.287 e. The van der Waals surface area contributed by atoms with E-state index in [9.17, 15) is 9.59 Å². The second-order valence-corrected chi connectivity index (χ2v) is 10.4. The van der Waals surface area contributed by atoms with E-state index in [0.29, 0.717) is 11.7 Å². The average Bonchev–Trinajstić information content (AvgIpc) is 3.36. The lowest BCUT2D eigenvalue weighted by Crippen LogP contribution is -2.32. The first-order valence-electron chi connectivity index (χ1n) is 11.9. The van der Waals surface area contributed by atoms with Gasteiger partial charge < -0.3 is 19.2 Å². The number of fused-ring (bicyclic) bond motifs is 2. The summed E-state index contributed by atoms with van der Waals surface area (Å²) in [4.78, 5) is 34.4. The first-order valence-corrected chi connectivity index (χ1v) is 12.7. The maximum absolute atomic E-state index is 13.4. The number of nitrogens with one attached hydrogen (secondary N) is 1. The first kappa shape index (κ1) is 22.6. The Balaban J connectivity index is 1.33. The minimum absolute atomic E-state index is 0.00873. The summed E-state index contributed by atoms with van der Waals surface area (Å²) in [7, 11) is 0. The molecule has 8 nitrogen and oxygen atoms in total. The van der Waals surface area contributed by atoms with E-state index in [1.165, 1.54) is 6.26 Å². The predicted molar refractivity (Wildman–Crippen MR) is 134 cm³/mol. The van der Waals surface area contributed by atoms with Crippen molar-refractivity contribution in [2.75, 3.05) is 4.90 Å². The van der Waals surface area contributed by atoms with Gasteiger partial charge in [-0.05, 0) is 61.2 Å². The molecule has 2 amide bonds. The molecular weight excluding hydrogens is 476 g/mol. The summed E-state index contributed by atoms with van der Waals surface area (Å²) in [6.45, 7) is 3.94. The normalized spacial score (nSPS) is 15.9. The zero-order valence-electron chi connectivity index (χ0n) is 19.8. The molecule has 1 aliphatic heterocycles. The number of carbonyl (C=O) groups excluding carboxylic acids is 2. The number of aromatic nitrogens is 2. The van der Waals surface area contributed by atoms with Crippen molar-refractivity contribution in [2.24, 2.45) is 5.92 Å². The van der Waals surface area contributed by atoms with Gasteiger partial charge in [0.15, 0.2) is 5.76 Å². The van der Waals surface area contributed by atoms with Crippen molar-refractivity contribution in [3.63, 3.8) is 0 Å². The summed E-state index contributed by atoms with van der Waals surface area (Å²) in [5.74, 6) is 0.674. The van der Waals surface area contributed by atoms with Gasteiger partial charge in [0.05, 0.1) is 17.5 Å². The molecule has 1 saturated carbocycles. The van der Waals surface area contributed by atoms with Crippen molar-refractivity contribution < 1.29 is 18.5 Å². The molecule has 3 heterocycles. The van der Waals surface area contributed by atoms with Crippen LogP contribution in [-0.4, -0.2) is 28.0 Å². The average molecular weight is 501 g/mol. The predicted octanol–water partition coefficient (Wildman–Crippen LogP) is 5.73. The number of furan rings is 1. The molecule has 1 unspecified atom stereocenters. The van der Waals surface area contributed by atoms with Crippen molar-refractivity contribution in [2.45, 2.75) is 48.6 Å². The SMILES string of the molecule is CC(C)C(NC(=O)c1ccco1)c1nc(-c2ccc3c(c2)Sc2ccccc2C(=O)N3C2CC2)no1. The quantitative estimate of drug-likeness (QED) is 0.361. The lowest BCUT2D eigenvalue weighted by atomic mass is 10.0. The summed E-state index contributed by atoms with van der Waals surface area (Å²) in [6.07, 6.45) is 3.47. The number of carbonyl (C=O) groups is 2. The van der Waals surface area contributed by atoms with Crippen LogP contribution in [0.15, 0.2) is 79.6 Å². The van der Waals surface area contributed by atoms with Crippen LogP contribution >= 0.6 is 11.8 Å². The standard InChI is InChI=1S/C27H24N4O4S/c1-15(2)23(28-25(32)20-7-5-13-34-20)26-29-24(30-35-26)16-9-12-19-22(14-16)36-21-8-4-3-6-18(21)27(33)31(19)17-10-11-17/h3-9,12-15,17,23H,10-11H2,1-2H3,(H,28,32). The Labute approximate surface area is 212 Å². The molecule has 9 heteroatoms. The van der Waals surface area contributed by atoms with E-state index >= 15 is 0 Å². The highest BCUT2D eigenvalue weighted by atomic mass is 32.2. The minimum atomic E-state index is -0.478. The minimum Gasteiger partial charge on any atom is -0.459 e. The van der Waals surface area contributed by atoms with Gasteiger partial charge in [-0.3, -0.25) is 9.59 Å². The Bertz CT molecular complexity index is 1440. The van der Waals surface area contributed by atoms with Crippen molar-refractivity contribution >= 4 is 29.3 Å². The summed E-state index contributed by atoms with van der Waals surface area (Å²) in [6, 6.07) is 16.6. The van der Waals surface area contributed by atoms with Crippen LogP contribution in [0.5, 0.6) is 0 Å². The Morgan fingerprint density at radius 1 is 1.11 bits per heavy atom. The van der Waals surface area contributed by atoms with Gasteiger partial charge >= 0.3 is 0 Å². The highest BCUT2D eigenvalue weighted by Gasteiger charge is 2.38. The van der Waals surface area contributed by atoms with Gasteiger partial charge in [-0.2, -0.15) is 4.98 Å². The Hall–Kier alpha value is -3.85. The van der Waals surface area contributed by atoms with E-state index in [-0.39, 0.29) is 29.5 Å². The van der Waals surface area contributed by atoms with E-state index in [0.717, 1.165) is 39.4 Å². The summed E-state index contributed by atoms with van der Waals surface area (Å²) >= 11 is 1.57. The van der Waals surface area contributed by atoms with E-state index in [4.69, 9.17) is 8.94 Å². The fourth-order valence-electron chi connectivity index (χ4n) is 4.33. The van der Waals surface area contributed by atoms with Crippen LogP contribution in [0.25, 0.3) is 11.4 Å². The molecule has 6 rings (SSSR count). The molecule has 2 aromatic heterocycles. The van der Waals surface area contributed by atoms with Crippen LogP contribution in [0.4, 0.5) is 5.69 Å². The lowest BCUT2D eigenvalue weighted by Gasteiger charge is -2.22. The fourth-order valence-corrected chi connectivity index (χ4v) is 5.44. The molecule has 0 saturated heterocycles. The van der Waals surface area contributed by atoms with Crippen LogP contribution in [-0.2, 0) is 0 Å². The zero-order valence-corrected chi connectivity index (χ0v) is 20.6. The largest absolute Gasteiger partial charge is 0.459 e. The Kier molecular flexibility index (Phi) is 5.64. The van der Waals surface area contributed by atoms with Crippen LogP contribution < -0.4 is 10.2 Å². The molecule has 1 aliphatic carbocycles. The van der Waals surface area contributed by atoms with Crippen molar-refractivity contribution in [3.05, 3.63) is 78.1 Å². The Morgan fingerprint density at radius 3 is 2.69 bits per heavy atom. The highest BCUT2D eigenvalue weighted by molar-refractivity contribution is 7.99. The van der Waals surface area contributed by atoms with E-state index in [2.05, 4.69) is 15.5 Å². The van der Waals surface area contributed by atoms with Gasteiger partial charge in [-0.1, -0.05) is 42.9 Å². The van der Waals surface area contributed by atoms with E-state index in [1.807, 2.05) is 61.2 Å². The third-order valence-corrected chi connectivity index (χ3v) is 7.47. The van der Waals surface area contributed by atoms with Crippen molar-refractivity contribution in [3.8, 4) is 11.4 Å². The molecule has 1 N–H and O–H groups in total. The molecule has 2 aliphatic rings. The molecule has 4 aromatic rings. The third kappa shape index (κ3) is 4.09. The lowest BCUT2D eigenvalue weighted by molar-refractivity contribution is 0.0885. The maximum atomic E-state index is 13.4. The molecule has 0 spiro atoms. The number of rotatable bonds is 6. The monoisotopic (exact) mass is 500 g/mol. The van der Waals surface area contributed by atoms with Crippen LogP contribution in [0.1, 0.15) is 59.5 Å². The number of hydrogen-bond acceptors (Lipinski definition) is 7. The van der Waals surface area contributed by atoms with Crippen LogP contribution in [0.2, 0.25) is 0 Å². The van der Waals surface area contributed by atoms with Gasteiger partial charge in [0.1, 0.15) is 6.04 Å². The molecule has 2 aromatic carbocycles. The summed E-state index contributed by atoms with van der Waals surface area (Å²) in [5, 5.41) is 7.13. The zero-order chi connectivity index (χ0) is 24.8. The molecule has 182 valence electrons. The molecule has 1 atom stereocenters. The van der Waals surface area contributed by atoms with Gasteiger partial charge in [0.2, 0.25) is 11.7 Å². The van der Waals surface area contributed by atoms with E-state index in [1.54, 1.807) is 23.9 Å². The summed E-state index contributed by atoms with van der Waals surface area (Å²) in [5.41, 5.74) is 2.40. The molecule has 36 heavy (non-hydrogen) atoms. The number of benzene rings is 2. The third-order valence-electron chi connectivity index (χ3n) is 6.35. The number of hydrogen-bond donors (Lipinski definition) is 1. The second kappa shape index (κ2) is 8.98. The first-order chi connectivity index (χ1) is 17.5. The van der Waals surface area contributed by atoms with Crippen LogP contribution in [0, 0.1) is 5.92 Å². The van der Waals surface area contributed by atoms with Crippen LogP contribution in [0.3, 0.4) is 0 Å². The number of anilines is 1. The van der Waals surface area contributed by atoms with Crippen molar-refractivity contribution in [1.29, 1.82) is 0 Å².